The Morgan fingerprint density at radius 2 is 1.94 bits per heavy atom. The second-order valence-electron chi connectivity index (χ2n) is 3.62. The predicted octanol–water partition coefficient (Wildman–Crippen LogP) is 2.37. The van der Waals surface area contributed by atoms with E-state index < -0.39 is 0 Å². The molecule has 1 aromatic carbocycles. The maximum Gasteiger partial charge on any atom is 0.0692 e. The van der Waals surface area contributed by atoms with E-state index in [9.17, 15) is 0 Å². The van der Waals surface area contributed by atoms with Crippen molar-refractivity contribution in [3.63, 3.8) is 0 Å². The Kier molecular flexibility index (Phi) is 4.36. The maximum absolute atomic E-state index is 5.91. The highest BCUT2D eigenvalue weighted by molar-refractivity contribution is 6.34. The quantitative estimate of drug-likeness (QED) is 0.849. The van der Waals surface area contributed by atoms with E-state index in [2.05, 4.69) is 15.6 Å². The van der Waals surface area contributed by atoms with E-state index >= 15 is 0 Å². The highest BCUT2D eigenvalue weighted by atomic mass is 35.5. The van der Waals surface area contributed by atoms with Crippen LogP contribution in [0, 0.1) is 0 Å². The summed E-state index contributed by atoms with van der Waals surface area (Å²) < 4.78 is 1.78. The average Bonchev–Trinajstić information content (AvgIpc) is 2.76. The molecule has 0 bridgehead atoms. The summed E-state index contributed by atoms with van der Waals surface area (Å²) in [6, 6.07) is 5.52. The minimum atomic E-state index is 0.658. The minimum absolute atomic E-state index is 0.658. The number of halogens is 2. The summed E-state index contributed by atoms with van der Waals surface area (Å²) in [5.74, 6) is 0. The Morgan fingerprint density at radius 3 is 2.59 bits per heavy atom. The van der Waals surface area contributed by atoms with Crippen LogP contribution < -0.4 is 5.32 Å². The van der Waals surface area contributed by atoms with Gasteiger partial charge in [0.05, 0.1) is 12.7 Å². The second kappa shape index (κ2) is 6.00. The van der Waals surface area contributed by atoms with Gasteiger partial charge in [-0.25, -0.2) is 0 Å². The Morgan fingerprint density at radius 1 is 1.18 bits per heavy atom. The normalized spacial score (nSPS) is 10.7. The molecule has 0 fully saturated rings. The van der Waals surface area contributed by atoms with E-state index in [0.29, 0.717) is 10.0 Å². The van der Waals surface area contributed by atoms with Crippen molar-refractivity contribution in [3.8, 4) is 0 Å². The smallest absolute Gasteiger partial charge is 0.0692 e. The molecule has 0 unspecified atom stereocenters. The predicted molar refractivity (Wildman–Crippen MR) is 68.2 cm³/mol. The summed E-state index contributed by atoms with van der Waals surface area (Å²) in [5.41, 5.74) is 1.07. The molecule has 0 aliphatic heterocycles. The number of hydrogen-bond acceptors (Lipinski definition) is 3. The first-order valence-corrected chi connectivity index (χ1v) is 5.99. The van der Waals surface area contributed by atoms with Gasteiger partial charge in [-0.15, -0.1) is 5.10 Å². The molecule has 0 saturated carbocycles. The molecule has 90 valence electrons. The largest absolute Gasteiger partial charge is 0.311 e. The molecule has 1 N–H and O–H groups in total. The van der Waals surface area contributed by atoms with Gasteiger partial charge in [-0.2, -0.15) is 0 Å². The third-order valence-corrected chi connectivity index (χ3v) is 2.68. The molecule has 0 amide bonds. The van der Waals surface area contributed by atoms with Gasteiger partial charge in [-0.3, -0.25) is 4.68 Å². The number of nitrogens with zero attached hydrogens (tertiary/aromatic N) is 3. The summed E-state index contributed by atoms with van der Waals surface area (Å²) in [4.78, 5) is 0. The first-order valence-electron chi connectivity index (χ1n) is 5.24. The molecule has 2 aromatic rings. The van der Waals surface area contributed by atoms with E-state index in [4.69, 9.17) is 23.2 Å². The summed E-state index contributed by atoms with van der Waals surface area (Å²) >= 11 is 11.8. The summed E-state index contributed by atoms with van der Waals surface area (Å²) in [6.45, 7) is 2.33. The monoisotopic (exact) mass is 270 g/mol. The van der Waals surface area contributed by atoms with Crippen molar-refractivity contribution < 1.29 is 0 Å². The van der Waals surface area contributed by atoms with E-state index in [0.717, 1.165) is 25.2 Å². The fourth-order valence-corrected chi connectivity index (χ4v) is 2.06. The molecular formula is C11H12Cl2N4. The Labute approximate surface area is 110 Å². The van der Waals surface area contributed by atoms with Crippen LogP contribution in [0.5, 0.6) is 0 Å². The molecule has 0 aliphatic rings. The van der Waals surface area contributed by atoms with Crippen LogP contribution in [0.1, 0.15) is 5.56 Å². The second-order valence-corrected chi connectivity index (χ2v) is 4.49. The van der Waals surface area contributed by atoms with Gasteiger partial charge in [0.1, 0.15) is 0 Å². The molecule has 17 heavy (non-hydrogen) atoms. The molecule has 0 atom stereocenters. The zero-order chi connectivity index (χ0) is 12.1. The zero-order valence-corrected chi connectivity index (χ0v) is 10.6. The summed E-state index contributed by atoms with van der Waals surface area (Å²) in [5, 5.41) is 12.2. The lowest BCUT2D eigenvalue weighted by Crippen LogP contribution is -2.19. The van der Waals surface area contributed by atoms with Crippen molar-refractivity contribution in [2.24, 2.45) is 0 Å². The van der Waals surface area contributed by atoms with Gasteiger partial charge in [0, 0.05) is 29.3 Å². The molecule has 0 saturated heterocycles. The van der Waals surface area contributed by atoms with Crippen LogP contribution in [0.2, 0.25) is 10.0 Å². The number of benzene rings is 1. The molecule has 0 radical (unpaired) electrons. The molecule has 2 rings (SSSR count). The highest BCUT2D eigenvalue weighted by Gasteiger charge is 1.98. The van der Waals surface area contributed by atoms with Gasteiger partial charge in [-0.1, -0.05) is 28.4 Å². The molecule has 6 heteroatoms. The van der Waals surface area contributed by atoms with Crippen LogP contribution in [-0.2, 0) is 13.1 Å². The first-order chi connectivity index (χ1) is 8.24. The average molecular weight is 271 g/mol. The Hall–Kier alpha value is -1.10. The third-order valence-electron chi connectivity index (χ3n) is 2.24. The zero-order valence-electron chi connectivity index (χ0n) is 9.11. The van der Waals surface area contributed by atoms with Crippen LogP contribution in [-0.4, -0.2) is 21.5 Å². The number of rotatable bonds is 5. The topological polar surface area (TPSA) is 42.7 Å². The van der Waals surface area contributed by atoms with Crippen molar-refractivity contribution in [2.75, 3.05) is 6.54 Å². The van der Waals surface area contributed by atoms with Crippen LogP contribution >= 0.6 is 23.2 Å². The molecule has 0 aliphatic carbocycles. The van der Waals surface area contributed by atoms with Gasteiger partial charge < -0.3 is 5.32 Å². The summed E-state index contributed by atoms with van der Waals surface area (Å²) in [7, 11) is 0. The van der Waals surface area contributed by atoms with E-state index in [1.165, 1.54) is 0 Å². The van der Waals surface area contributed by atoms with E-state index in [1.807, 2.05) is 18.3 Å². The van der Waals surface area contributed by atoms with E-state index in [-0.39, 0.29) is 0 Å². The number of aromatic nitrogens is 3. The van der Waals surface area contributed by atoms with E-state index in [1.54, 1.807) is 16.9 Å². The molecule has 1 heterocycles. The van der Waals surface area contributed by atoms with Crippen LogP contribution in [0.3, 0.4) is 0 Å². The van der Waals surface area contributed by atoms with Crippen molar-refractivity contribution in [1.29, 1.82) is 0 Å². The molecule has 4 nitrogen and oxygen atoms in total. The minimum Gasteiger partial charge on any atom is -0.311 e. The lowest BCUT2D eigenvalue weighted by molar-refractivity contribution is 0.540. The van der Waals surface area contributed by atoms with Crippen molar-refractivity contribution in [2.45, 2.75) is 13.1 Å². The van der Waals surface area contributed by atoms with Crippen molar-refractivity contribution in [1.82, 2.24) is 20.3 Å². The molecule has 1 aromatic heterocycles. The van der Waals surface area contributed by atoms with Crippen LogP contribution in [0.4, 0.5) is 0 Å². The highest BCUT2D eigenvalue weighted by Crippen LogP contribution is 2.18. The van der Waals surface area contributed by atoms with Gasteiger partial charge in [0.2, 0.25) is 0 Å². The van der Waals surface area contributed by atoms with Gasteiger partial charge >= 0.3 is 0 Å². The summed E-state index contributed by atoms with van der Waals surface area (Å²) in [6.07, 6.45) is 3.49. The van der Waals surface area contributed by atoms with Crippen molar-refractivity contribution in [3.05, 3.63) is 46.2 Å². The Balaban J connectivity index is 1.78. The van der Waals surface area contributed by atoms with Crippen LogP contribution in [0.15, 0.2) is 30.6 Å². The molecular weight excluding hydrogens is 259 g/mol. The first kappa shape index (κ1) is 12.4. The van der Waals surface area contributed by atoms with Gasteiger partial charge in [0.15, 0.2) is 0 Å². The fraction of sp³-hybridized carbons (Fsp3) is 0.273. The van der Waals surface area contributed by atoms with Gasteiger partial charge in [-0.05, 0) is 23.8 Å². The van der Waals surface area contributed by atoms with Crippen molar-refractivity contribution >= 4 is 23.2 Å². The SMILES string of the molecule is Clc1cc(Cl)cc(CNCCn2ccnn2)c1. The fourth-order valence-electron chi connectivity index (χ4n) is 1.49. The maximum atomic E-state index is 5.91. The third kappa shape index (κ3) is 4.00. The number of hydrogen-bond donors (Lipinski definition) is 1. The lowest BCUT2D eigenvalue weighted by Gasteiger charge is -2.06. The lowest BCUT2D eigenvalue weighted by atomic mass is 10.2. The van der Waals surface area contributed by atoms with Crippen LogP contribution in [0.25, 0.3) is 0 Å². The molecule has 0 spiro atoms. The van der Waals surface area contributed by atoms with Gasteiger partial charge in [0.25, 0.3) is 0 Å². The Bertz CT molecular complexity index is 450. The standard InChI is InChI=1S/C11H12Cl2N4/c12-10-5-9(6-11(13)7-10)8-14-1-3-17-4-2-15-16-17/h2,4-7,14H,1,3,8H2. The number of nitrogens with one attached hydrogen (secondary N) is 1.